The van der Waals surface area contributed by atoms with Gasteiger partial charge in [0.15, 0.2) is 16.6 Å². The van der Waals surface area contributed by atoms with Gasteiger partial charge >= 0.3 is 8.56 Å². The molecule has 266 valence electrons. The molecule has 0 saturated heterocycles. The summed E-state index contributed by atoms with van der Waals surface area (Å²) in [5, 5.41) is 0. The van der Waals surface area contributed by atoms with Gasteiger partial charge in [-0.2, -0.15) is 0 Å². The van der Waals surface area contributed by atoms with E-state index in [0.717, 1.165) is 29.1 Å². The van der Waals surface area contributed by atoms with Crippen LogP contribution in [-0.2, 0) is 8.23 Å². The molecule has 3 aliphatic carbocycles. The summed E-state index contributed by atoms with van der Waals surface area (Å²) < 4.78 is 14.1. The highest BCUT2D eigenvalue weighted by Gasteiger charge is 2.62. The molecule has 5 heteroatoms. The SMILES string of the molecule is CCCCCCCCCCCCCC1CC1CC[Si](C)(C)O[Si](C)(C)O[Si](C)(C)CCC1CC12CCC2CCCCCCCC. The zero-order valence-electron chi connectivity index (χ0n) is 32.2. The maximum absolute atomic E-state index is 7.05. The Kier molecular flexibility index (Phi) is 17.5. The summed E-state index contributed by atoms with van der Waals surface area (Å²) in [5.74, 6) is 4.11. The smallest absolute Gasteiger partial charge is 0.311 e. The van der Waals surface area contributed by atoms with Crippen LogP contribution < -0.4 is 0 Å². The van der Waals surface area contributed by atoms with Crippen molar-refractivity contribution >= 4 is 25.2 Å². The summed E-state index contributed by atoms with van der Waals surface area (Å²) in [5.41, 5.74) is 0.778. The first kappa shape index (κ1) is 40.0. The van der Waals surface area contributed by atoms with E-state index in [1.54, 1.807) is 0 Å². The normalized spacial score (nSPS) is 26.4. The van der Waals surface area contributed by atoms with Crippen LogP contribution in [0, 0.1) is 29.1 Å². The van der Waals surface area contributed by atoms with Crippen LogP contribution in [0.2, 0.25) is 51.4 Å². The second kappa shape index (κ2) is 19.7. The lowest BCUT2D eigenvalue weighted by Crippen LogP contribution is -2.52. The molecule has 0 radical (unpaired) electrons. The Bertz CT molecular complexity index is 798. The highest BCUT2D eigenvalue weighted by Crippen LogP contribution is 2.71. The fraction of sp³-hybridized carbons (Fsp3) is 1.00. The standard InChI is InChI=1S/C40H82O2Si3/c1-9-11-13-15-17-18-19-20-21-22-24-26-36-34-37(36)29-32-43(3,4)41-45(7,8)42-44(5,6)33-30-39-35-40(39)31-28-38(40)27-25-23-16-14-12-10-2/h36-39H,9-35H2,1-8H3. The van der Waals surface area contributed by atoms with Crippen molar-refractivity contribution in [2.75, 3.05) is 0 Å². The minimum Gasteiger partial charge on any atom is -0.437 e. The molecule has 0 bridgehead atoms. The molecule has 1 spiro atoms. The van der Waals surface area contributed by atoms with Gasteiger partial charge in [-0.1, -0.05) is 142 Å². The Hall–Kier alpha value is 0.571. The Labute approximate surface area is 287 Å². The summed E-state index contributed by atoms with van der Waals surface area (Å²) in [7, 11) is -5.48. The molecule has 0 amide bonds. The lowest BCUT2D eigenvalue weighted by atomic mass is 9.66. The van der Waals surface area contributed by atoms with E-state index in [0.29, 0.717) is 0 Å². The molecule has 0 aromatic heterocycles. The fourth-order valence-corrected chi connectivity index (χ4v) is 23.6. The van der Waals surface area contributed by atoms with Gasteiger partial charge in [0, 0.05) is 0 Å². The van der Waals surface area contributed by atoms with E-state index in [1.165, 1.54) is 173 Å². The van der Waals surface area contributed by atoms with Crippen molar-refractivity contribution in [2.24, 2.45) is 29.1 Å². The van der Waals surface area contributed by atoms with Crippen molar-refractivity contribution in [1.29, 1.82) is 0 Å². The van der Waals surface area contributed by atoms with Gasteiger partial charge in [-0.15, -0.1) is 0 Å². The topological polar surface area (TPSA) is 18.5 Å². The quantitative estimate of drug-likeness (QED) is 0.0579. The van der Waals surface area contributed by atoms with Crippen molar-refractivity contribution < 1.29 is 8.23 Å². The van der Waals surface area contributed by atoms with Crippen LogP contribution in [0.1, 0.15) is 174 Å². The van der Waals surface area contributed by atoms with Crippen LogP contribution in [0.25, 0.3) is 0 Å². The average molecular weight is 679 g/mol. The first-order valence-electron chi connectivity index (χ1n) is 20.8. The summed E-state index contributed by atoms with van der Waals surface area (Å²) in [4.78, 5) is 0. The van der Waals surface area contributed by atoms with E-state index < -0.39 is 25.2 Å². The Balaban J connectivity index is 1.22. The minimum absolute atomic E-state index is 0.778. The number of hydrogen-bond acceptors (Lipinski definition) is 2. The van der Waals surface area contributed by atoms with Crippen molar-refractivity contribution in [3.8, 4) is 0 Å². The van der Waals surface area contributed by atoms with Gasteiger partial charge in [0.05, 0.1) is 0 Å². The average Bonchev–Trinajstić information content (AvgIpc) is 3.87. The zero-order valence-corrected chi connectivity index (χ0v) is 35.2. The van der Waals surface area contributed by atoms with Crippen molar-refractivity contribution in [3.63, 3.8) is 0 Å². The van der Waals surface area contributed by atoms with Crippen molar-refractivity contribution in [2.45, 2.75) is 226 Å². The van der Waals surface area contributed by atoms with Crippen LogP contribution in [0.4, 0.5) is 0 Å². The minimum atomic E-state index is -2.09. The lowest BCUT2D eigenvalue weighted by molar-refractivity contribution is 0.113. The van der Waals surface area contributed by atoms with Crippen LogP contribution in [0.5, 0.6) is 0 Å². The van der Waals surface area contributed by atoms with Crippen LogP contribution in [0.15, 0.2) is 0 Å². The maximum Gasteiger partial charge on any atom is 0.311 e. The maximum atomic E-state index is 7.05. The molecule has 45 heavy (non-hydrogen) atoms. The van der Waals surface area contributed by atoms with Gasteiger partial charge in [0.2, 0.25) is 0 Å². The third kappa shape index (κ3) is 15.3. The number of unbranched alkanes of at least 4 members (excludes halogenated alkanes) is 15. The first-order valence-corrected chi connectivity index (χ1v) is 29.9. The highest BCUT2D eigenvalue weighted by atomic mass is 28.5. The van der Waals surface area contributed by atoms with Gasteiger partial charge in [-0.25, -0.2) is 0 Å². The van der Waals surface area contributed by atoms with E-state index >= 15 is 0 Å². The van der Waals surface area contributed by atoms with Crippen LogP contribution >= 0.6 is 0 Å². The molecule has 0 aromatic carbocycles. The van der Waals surface area contributed by atoms with Crippen molar-refractivity contribution in [1.82, 2.24) is 0 Å². The molecule has 5 atom stereocenters. The summed E-state index contributed by atoms with van der Waals surface area (Å²) in [6, 6.07) is 2.67. The molecule has 3 rings (SSSR count). The second-order valence-electron chi connectivity index (χ2n) is 18.2. The zero-order chi connectivity index (χ0) is 32.8. The first-order chi connectivity index (χ1) is 21.4. The predicted octanol–water partition coefficient (Wildman–Crippen LogP) is 14.4. The number of hydrogen-bond donors (Lipinski definition) is 0. The summed E-state index contributed by atoms with van der Waals surface area (Å²) in [6.07, 6.45) is 36.7. The van der Waals surface area contributed by atoms with Gasteiger partial charge in [-0.05, 0) is 113 Å². The molecule has 3 aliphatic rings. The van der Waals surface area contributed by atoms with E-state index in [1.807, 2.05) is 0 Å². The van der Waals surface area contributed by atoms with E-state index in [-0.39, 0.29) is 0 Å². The molecule has 2 nitrogen and oxygen atoms in total. The molecule has 0 aliphatic heterocycles. The van der Waals surface area contributed by atoms with Gasteiger partial charge in [-0.3, -0.25) is 0 Å². The van der Waals surface area contributed by atoms with E-state index in [4.69, 9.17) is 8.23 Å². The Morgan fingerprint density at radius 2 is 0.956 bits per heavy atom. The summed E-state index contributed by atoms with van der Waals surface area (Å²) >= 11 is 0. The monoisotopic (exact) mass is 679 g/mol. The van der Waals surface area contributed by atoms with Crippen LogP contribution in [-0.4, -0.2) is 25.2 Å². The van der Waals surface area contributed by atoms with Crippen LogP contribution in [0.3, 0.4) is 0 Å². The van der Waals surface area contributed by atoms with Crippen molar-refractivity contribution in [3.05, 3.63) is 0 Å². The molecule has 3 fully saturated rings. The Morgan fingerprint density at radius 1 is 0.511 bits per heavy atom. The third-order valence-electron chi connectivity index (χ3n) is 12.5. The number of rotatable bonds is 29. The molecule has 0 aromatic rings. The molecular formula is C40H82O2Si3. The third-order valence-corrected chi connectivity index (χ3v) is 23.8. The molecule has 3 saturated carbocycles. The highest BCUT2D eigenvalue weighted by molar-refractivity contribution is 6.87. The van der Waals surface area contributed by atoms with Gasteiger partial charge in [0.25, 0.3) is 0 Å². The Morgan fingerprint density at radius 3 is 1.44 bits per heavy atom. The molecule has 5 unspecified atom stereocenters. The lowest BCUT2D eigenvalue weighted by Gasteiger charge is -2.40. The predicted molar refractivity (Wildman–Crippen MR) is 207 cm³/mol. The molecule has 0 heterocycles. The summed E-state index contributed by atoms with van der Waals surface area (Å²) in [6.45, 7) is 19.3. The van der Waals surface area contributed by atoms with E-state index in [2.05, 4.69) is 53.1 Å². The van der Waals surface area contributed by atoms with Gasteiger partial charge < -0.3 is 8.23 Å². The van der Waals surface area contributed by atoms with E-state index in [9.17, 15) is 0 Å². The second-order valence-corrected chi connectivity index (χ2v) is 30.7. The fourth-order valence-electron chi connectivity index (χ4n) is 9.51. The molecular weight excluding hydrogens is 597 g/mol. The molecule has 0 N–H and O–H groups in total. The largest absolute Gasteiger partial charge is 0.437 e. The van der Waals surface area contributed by atoms with Gasteiger partial charge in [0.1, 0.15) is 0 Å².